The van der Waals surface area contributed by atoms with Gasteiger partial charge in [0.2, 0.25) is 0 Å². The van der Waals surface area contributed by atoms with E-state index in [0.717, 1.165) is 0 Å². The van der Waals surface area contributed by atoms with E-state index in [0.29, 0.717) is 20.4 Å². The van der Waals surface area contributed by atoms with Crippen molar-refractivity contribution < 1.29 is 14.5 Å². The van der Waals surface area contributed by atoms with Crippen molar-refractivity contribution in [2.45, 2.75) is 26.4 Å². The monoisotopic (exact) mass is 482 g/mol. The molecule has 11 heteroatoms. The molecule has 0 radical (unpaired) electrons. The number of halogens is 1. The number of carbonyl (C=O) groups is 1. The minimum Gasteiger partial charge on any atom is -0.444 e. The predicted molar refractivity (Wildman–Crippen MR) is 106 cm³/mol. The van der Waals surface area contributed by atoms with Crippen LogP contribution in [0.25, 0.3) is 16.7 Å². The number of ether oxygens (including phenoxy) is 1. The van der Waals surface area contributed by atoms with Gasteiger partial charge >= 0.3 is 6.09 Å². The molecule has 0 saturated carbocycles. The molecule has 1 amide bonds. The maximum atomic E-state index is 12.1. The second-order valence-electron chi connectivity index (χ2n) is 6.52. The number of benzene rings is 1. The zero-order valence-corrected chi connectivity index (χ0v) is 16.8. The molecule has 1 aromatic carbocycles. The number of nitrogens with zero attached hydrogens (tertiary/aromatic N) is 5. The summed E-state index contributed by atoms with van der Waals surface area (Å²) in [6.07, 6.45) is 0.663. The Balaban J connectivity index is 2.01. The highest BCUT2D eigenvalue weighted by molar-refractivity contribution is 14.1. The zero-order chi connectivity index (χ0) is 19.8. The predicted octanol–water partition coefficient (Wildman–Crippen LogP) is 3.68. The van der Waals surface area contributed by atoms with Gasteiger partial charge in [0, 0.05) is 12.1 Å². The van der Waals surface area contributed by atoms with Gasteiger partial charge in [-0.25, -0.2) is 19.4 Å². The Morgan fingerprint density at radius 1 is 1.26 bits per heavy atom. The molecule has 140 valence electrons. The van der Waals surface area contributed by atoms with Crippen molar-refractivity contribution in [1.29, 1.82) is 0 Å². The van der Waals surface area contributed by atoms with Crippen LogP contribution in [0.4, 0.5) is 16.3 Å². The van der Waals surface area contributed by atoms with Crippen molar-refractivity contribution in [3.63, 3.8) is 0 Å². The first-order chi connectivity index (χ1) is 12.7. The van der Waals surface area contributed by atoms with Crippen molar-refractivity contribution >= 4 is 51.2 Å². The molecule has 0 aliphatic rings. The summed E-state index contributed by atoms with van der Waals surface area (Å²) in [5.74, 6) is 0.270. The van der Waals surface area contributed by atoms with E-state index in [2.05, 4.69) is 20.4 Å². The first-order valence-corrected chi connectivity index (χ1v) is 8.87. The largest absolute Gasteiger partial charge is 0.444 e. The smallest absolute Gasteiger partial charge is 0.413 e. The number of hydrogen-bond acceptors (Lipinski definition) is 7. The van der Waals surface area contributed by atoms with E-state index in [-0.39, 0.29) is 11.5 Å². The molecular formula is C16H15IN6O4. The molecule has 3 rings (SSSR count). The lowest BCUT2D eigenvalue weighted by Gasteiger charge is -2.19. The van der Waals surface area contributed by atoms with E-state index >= 15 is 0 Å². The highest BCUT2D eigenvalue weighted by atomic mass is 127. The first-order valence-electron chi connectivity index (χ1n) is 7.80. The van der Waals surface area contributed by atoms with Crippen molar-refractivity contribution in [2.24, 2.45) is 0 Å². The highest BCUT2D eigenvalue weighted by Crippen LogP contribution is 2.27. The van der Waals surface area contributed by atoms with Crippen LogP contribution in [-0.2, 0) is 4.74 Å². The Bertz CT molecular complexity index is 1030. The van der Waals surface area contributed by atoms with E-state index < -0.39 is 16.6 Å². The quantitative estimate of drug-likeness (QED) is 0.343. The molecule has 0 spiro atoms. The molecule has 0 saturated heterocycles. The highest BCUT2D eigenvalue weighted by Gasteiger charge is 2.21. The van der Waals surface area contributed by atoms with Gasteiger partial charge in [-0.05, 0) is 55.5 Å². The van der Waals surface area contributed by atoms with Crippen LogP contribution >= 0.6 is 22.6 Å². The number of aromatic nitrogens is 4. The Morgan fingerprint density at radius 3 is 2.52 bits per heavy atom. The van der Waals surface area contributed by atoms with E-state index in [1.807, 2.05) is 22.6 Å². The Labute approximate surface area is 167 Å². The van der Waals surface area contributed by atoms with Crippen molar-refractivity contribution in [3.8, 4) is 5.69 Å². The molecule has 10 nitrogen and oxygen atoms in total. The fourth-order valence-electron chi connectivity index (χ4n) is 2.30. The molecule has 0 aliphatic heterocycles. The maximum Gasteiger partial charge on any atom is 0.413 e. The number of anilines is 1. The summed E-state index contributed by atoms with van der Waals surface area (Å²) in [6.45, 7) is 5.29. The van der Waals surface area contributed by atoms with Crippen LogP contribution in [0.3, 0.4) is 0 Å². The number of nitro groups is 1. The third-order valence-electron chi connectivity index (χ3n) is 3.35. The fraction of sp³-hybridized carbons (Fsp3) is 0.250. The minimum atomic E-state index is -0.647. The normalized spacial score (nSPS) is 11.4. The summed E-state index contributed by atoms with van der Waals surface area (Å²) in [5, 5.41) is 18.4. The second kappa shape index (κ2) is 7.06. The van der Waals surface area contributed by atoms with Gasteiger partial charge in [0.05, 0.1) is 16.0 Å². The SMILES string of the molecule is CC(C)(C)OC(=O)Nc1ncnc2c1c(I)nn2-c1ccc([N+](=O)[O-])cc1. The summed E-state index contributed by atoms with van der Waals surface area (Å²) in [4.78, 5) is 30.8. The third kappa shape index (κ3) is 4.13. The minimum absolute atomic E-state index is 0.0215. The number of fused-ring (bicyclic) bond motifs is 1. The Hall–Kier alpha value is -2.83. The van der Waals surface area contributed by atoms with Crippen molar-refractivity contribution in [2.75, 3.05) is 5.32 Å². The van der Waals surface area contributed by atoms with Gasteiger partial charge in [-0.15, -0.1) is 0 Å². The number of non-ortho nitro benzene ring substituents is 1. The lowest BCUT2D eigenvalue weighted by Crippen LogP contribution is -2.27. The average molecular weight is 482 g/mol. The number of rotatable bonds is 3. The van der Waals surface area contributed by atoms with E-state index in [1.54, 1.807) is 32.9 Å². The molecule has 0 fully saturated rings. The standard InChI is InChI=1S/C16H15IN6O4/c1-16(2,3)27-15(24)20-13-11-12(17)21-22(14(11)19-8-18-13)9-4-6-10(7-5-9)23(25)26/h4-8H,1-3H3,(H,18,19,20,24). The van der Waals surface area contributed by atoms with E-state index in [9.17, 15) is 14.9 Å². The molecule has 0 unspecified atom stereocenters. The molecule has 0 atom stereocenters. The third-order valence-corrected chi connectivity index (χ3v) is 4.10. The number of hydrogen-bond donors (Lipinski definition) is 1. The van der Waals surface area contributed by atoms with Crippen LogP contribution in [0.1, 0.15) is 20.8 Å². The van der Waals surface area contributed by atoms with Crippen LogP contribution in [0.5, 0.6) is 0 Å². The molecule has 2 heterocycles. The van der Waals surface area contributed by atoms with Crippen LogP contribution < -0.4 is 5.32 Å². The summed E-state index contributed by atoms with van der Waals surface area (Å²) in [7, 11) is 0. The lowest BCUT2D eigenvalue weighted by atomic mass is 10.2. The van der Waals surface area contributed by atoms with Gasteiger partial charge in [0.25, 0.3) is 5.69 Å². The van der Waals surface area contributed by atoms with Crippen molar-refractivity contribution in [3.05, 3.63) is 44.4 Å². The second-order valence-corrected chi connectivity index (χ2v) is 7.55. The molecule has 27 heavy (non-hydrogen) atoms. The lowest BCUT2D eigenvalue weighted by molar-refractivity contribution is -0.384. The molecule has 2 aromatic heterocycles. The van der Waals surface area contributed by atoms with Crippen LogP contribution in [0, 0.1) is 13.8 Å². The summed E-state index contributed by atoms with van der Waals surface area (Å²) in [6, 6.07) is 5.92. The number of carbonyl (C=O) groups excluding carboxylic acids is 1. The molecule has 1 N–H and O–H groups in total. The summed E-state index contributed by atoms with van der Waals surface area (Å²) < 4.78 is 7.35. The molecular weight excluding hydrogens is 467 g/mol. The van der Waals surface area contributed by atoms with Gasteiger partial charge in [-0.1, -0.05) is 0 Å². The molecule has 0 bridgehead atoms. The van der Waals surface area contributed by atoms with Crippen LogP contribution in [0.2, 0.25) is 0 Å². The molecule has 3 aromatic rings. The number of nitrogens with one attached hydrogen (secondary N) is 1. The Kier molecular flexibility index (Phi) is 4.95. The summed E-state index contributed by atoms with van der Waals surface area (Å²) >= 11 is 2.01. The first kappa shape index (κ1) is 18.9. The van der Waals surface area contributed by atoms with E-state index in [4.69, 9.17) is 4.74 Å². The molecule has 0 aliphatic carbocycles. The van der Waals surface area contributed by atoms with Gasteiger partial charge in [0.1, 0.15) is 15.6 Å². The zero-order valence-electron chi connectivity index (χ0n) is 14.6. The number of nitro benzene ring substituents is 1. The topological polar surface area (TPSA) is 125 Å². The van der Waals surface area contributed by atoms with Crippen molar-refractivity contribution in [1.82, 2.24) is 19.7 Å². The summed E-state index contributed by atoms with van der Waals surface area (Å²) in [5.41, 5.74) is 0.378. The van der Waals surface area contributed by atoms with Gasteiger partial charge in [-0.2, -0.15) is 5.10 Å². The number of amides is 1. The van der Waals surface area contributed by atoms with Gasteiger partial charge in [0.15, 0.2) is 11.5 Å². The maximum absolute atomic E-state index is 12.1. The van der Waals surface area contributed by atoms with Crippen LogP contribution in [-0.4, -0.2) is 36.4 Å². The van der Waals surface area contributed by atoms with Gasteiger partial charge in [-0.3, -0.25) is 15.4 Å². The average Bonchev–Trinajstić information content (AvgIpc) is 2.91. The fourth-order valence-corrected chi connectivity index (χ4v) is 3.02. The van der Waals surface area contributed by atoms with Gasteiger partial charge < -0.3 is 4.74 Å². The Morgan fingerprint density at radius 2 is 1.93 bits per heavy atom. The van der Waals surface area contributed by atoms with Crippen LogP contribution in [0.15, 0.2) is 30.6 Å². The van der Waals surface area contributed by atoms with E-state index in [1.165, 1.54) is 23.1 Å².